The van der Waals surface area contributed by atoms with E-state index in [-0.39, 0.29) is 12.5 Å². The van der Waals surface area contributed by atoms with E-state index in [1.54, 1.807) is 60.7 Å². The Morgan fingerprint density at radius 3 is 2.49 bits per heavy atom. The molecule has 7 nitrogen and oxygen atoms in total. The number of nitrogens with two attached hydrogens (primary N) is 1. The molecule has 2 unspecified atom stereocenters. The first kappa shape index (κ1) is 28.3. The van der Waals surface area contributed by atoms with Crippen molar-refractivity contribution in [3.63, 3.8) is 0 Å². The van der Waals surface area contributed by atoms with Gasteiger partial charge in [-0.05, 0) is 73.5 Å². The predicted octanol–water partition coefficient (Wildman–Crippen LogP) is 5.14. The van der Waals surface area contributed by atoms with Gasteiger partial charge in [-0.15, -0.1) is 0 Å². The van der Waals surface area contributed by atoms with Crippen molar-refractivity contribution in [2.24, 2.45) is 5.92 Å². The first-order valence-corrected chi connectivity index (χ1v) is 13.0. The zero-order valence-corrected chi connectivity index (χ0v) is 22.6. The molecule has 0 spiro atoms. The molecular weight excluding hydrogens is 519 g/mol. The van der Waals surface area contributed by atoms with Crippen molar-refractivity contribution in [3.8, 4) is 0 Å². The summed E-state index contributed by atoms with van der Waals surface area (Å²) in [4.78, 5) is 27.7. The summed E-state index contributed by atoms with van der Waals surface area (Å²) in [6, 6.07) is 18.4. The molecular formula is C30H32ClFN4O3. The molecule has 0 bridgehead atoms. The lowest BCUT2D eigenvalue weighted by atomic mass is 9.87. The number of benzene rings is 3. The Balaban J connectivity index is 1.53. The van der Waals surface area contributed by atoms with Gasteiger partial charge in [-0.1, -0.05) is 35.9 Å². The maximum absolute atomic E-state index is 15.5. The number of likely N-dealkylation sites (tertiary alicyclic amines) is 1. The third-order valence-corrected chi connectivity index (χ3v) is 7.33. The molecule has 1 aliphatic heterocycles. The van der Waals surface area contributed by atoms with E-state index in [9.17, 15) is 14.7 Å². The lowest BCUT2D eigenvalue weighted by Gasteiger charge is -2.33. The average molecular weight is 551 g/mol. The number of aliphatic hydroxyl groups is 1. The number of hydrogen-bond acceptors (Lipinski definition) is 5. The molecule has 1 saturated heterocycles. The first-order valence-electron chi connectivity index (χ1n) is 12.6. The highest BCUT2D eigenvalue weighted by Gasteiger charge is 2.44. The number of nitrogen functional groups attached to an aromatic ring is 1. The number of rotatable bonds is 8. The monoisotopic (exact) mass is 550 g/mol. The Morgan fingerprint density at radius 1 is 1.10 bits per heavy atom. The van der Waals surface area contributed by atoms with Crippen LogP contribution in [0.25, 0.3) is 6.08 Å². The predicted molar refractivity (Wildman–Crippen MR) is 154 cm³/mol. The van der Waals surface area contributed by atoms with Gasteiger partial charge in [0.1, 0.15) is 5.82 Å². The standard InChI is InChI=1S/C30H32ClFN4O3/c1-30(2,18-37)36-16-23(24(17-36)29(39)34-21-11-9-20(31)10-12-21)22-13-7-19(15-25(22)32)8-14-28(38)35-27-6-4-3-5-26(27)33/h3-15,23-24,37H,16-18,33H2,1-2H3,(H,34,39)(H,35,38). The van der Waals surface area contributed by atoms with Gasteiger partial charge in [0.2, 0.25) is 11.8 Å². The van der Waals surface area contributed by atoms with Crippen molar-refractivity contribution in [1.82, 2.24) is 4.90 Å². The molecule has 9 heteroatoms. The van der Waals surface area contributed by atoms with Crippen molar-refractivity contribution in [1.29, 1.82) is 0 Å². The van der Waals surface area contributed by atoms with Crippen molar-refractivity contribution < 1.29 is 19.1 Å². The van der Waals surface area contributed by atoms with Crippen LogP contribution in [0.2, 0.25) is 5.02 Å². The zero-order valence-electron chi connectivity index (χ0n) is 21.8. The number of aliphatic hydroxyl groups excluding tert-OH is 1. The molecule has 1 fully saturated rings. The van der Waals surface area contributed by atoms with Crippen LogP contribution in [0.15, 0.2) is 72.8 Å². The minimum Gasteiger partial charge on any atom is -0.397 e. The Morgan fingerprint density at radius 2 is 1.82 bits per heavy atom. The molecule has 0 radical (unpaired) electrons. The van der Waals surface area contributed by atoms with Gasteiger partial charge < -0.3 is 21.5 Å². The minimum atomic E-state index is -0.581. The van der Waals surface area contributed by atoms with Crippen LogP contribution in [0.4, 0.5) is 21.5 Å². The molecule has 0 aromatic heterocycles. The molecule has 5 N–H and O–H groups in total. The van der Waals surface area contributed by atoms with Gasteiger partial charge >= 0.3 is 0 Å². The largest absolute Gasteiger partial charge is 0.397 e. The first-order chi connectivity index (χ1) is 18.6. The number of halogens is 2. The molecule has 3 aromatic rings. The van der Waals surface area contributed by atoms with Gasteiger partial charge in [0.05, 0.1) is 23.9 Å². The fraction of sp³-hybridized carbons (Fsp3) is 0.267. The lowest BCUT2D eigenvalue weighted by molar-refractivity contribution is -0.120. The quantitative estimate of drug-likeness (QED) is 0.229. The maximum atomic E-state index is 15.5. The number of carbonyl (C=O) groups excluding carboxylic acids is 2. The van der Waals surface area contributed by atoms with Crippen LogP contribution < -0.4 is 16.4 Å². The highest BCUT2D eigenvalue weighted by Crippen LogP contribution is 2.38. The van der Waals surface area contributed by atoms with E-state index < -0.39 is 29.1 Å². The summed E-state index contributed by atoms with van der Waals surface area (Å²) in [6.07, 6.45) is 2.83. The van der Waals surface area contributed by atoms with Crippen LogP contribution >= 0.6 is 11.6 Å². The van der Waals surface area contributed by atoms with Gasteiger partial charge in [0, 0.05) is 41.3 Å². The molecule has 2 amide bonds. The fourth-order valence-electron chi connectivity index (χ4n) is 4.65. The van der Waals surface area contributed by atoms with Crippen LogP contribution in [0.3, 0.4) is 0 Å². The number of hydrogen-bond donors (Lipinski definition) is 4. The van der Waals surface area contributed by atoms with Gasteiger partial charge in [0.15, 0.2) is 0 Å². The van der Waals surface area contributed by atoms with Crippen molar-refractivity contribution in [2.75, 3.05) is 36.1 Å². The molecule has 2 atom stereocenters. The van der Waals surface area contributed by atoms with E-state index in [2.05, 4.69) is 10.6 Å². The maximum Gasteiger partial charge on any atom is 0.248 e. The second-order valence-corrected chi connectivity index (χ2v) is 10.7. The highest BCUT2D eigenvalue weighted by molar-refractivity contribution is 6.30. The summed E-state index contributed by atoms with van der Waals surface area (Å²) in [5.41, 5.74) is 7.72. The topological polar surface area (TPSA) is 108 Å². The third kappa shape index (κ3) is 6.84. The number of para-hydroxylation sites is 2. The number of anilines is 3. The lowest BCUT2D eigenvalue weighted by Crippen LogP contribution is -2.46. The van der Waals surface area contributed by atoms with Gasteiger partial charge in [-0.3, -0.25) is 14.5 Å². The average Bonchev–Trinajstić information content (AvgIpc) is 3.36. The molecule has 4 rings (SSSR count). The SMILES string of the molecule is CC(C)(CO)N1CC(C(=O)Nc2ccc(Cl)cc2)C(c2ccc(C=CC(=O)Nc3ccccc3N)cc2F)C1. The summed E-state index contributed by atoms with van der Waals surface area (Å²) in [5.74, 6) is -2.09. The second kappa shape index (κ2) is 12.0. The molecule has 0 saturated carbocycles. The Kier molecular flexibility index (Phi) is 8.70. The third-order valence-electron chi connectivity index (χ3n) is 7.08. The van der Waals surface area contributed by atoms with Crippen LogP contribution in [-0.4, -0.2) is 47.1 Å². The summed E-state index contributed by atoms with van der Waals surface area (Å²) in [5, 5.41) is 16.1. The smallest absolute Gasteiger partial charge is 0.248 e. The number of amides is 2. The number of carbonyl (C=O) groups is 2. The van der Waals surface area contributed by atoms with Gasteiger partial charge in [0.25, 0.3) is 0 Å². The Hall–Kier alpha value is -3.72. The van der Waals surface area contributed by atoms with Crippen LogP contribution in [0.1, 0.15) is 30.9 Å². The molecule has 3 aromatic carbocycles. The van der Waals surface area contributed by atoms with Crippen molar-refractivity contribution >= 4 is 46.6 Å². The molecule has 39 heavy (non-hydrogen) atoms. The normalized spacial score (nSPS) is 17.9. The van der Waals surface area contributed by atoms with Gasteiger partial charge in [-0.25, -0.2) is 4.39 Å². The Bertz CT molecular complexity index is 1380. The van der Waals surface area contributed by atoms with E-state index in [0.717, 1.165) is 0 Å². The van der Waals surface area contributed by atoms with Crippen molar-refractivity contribution in [2.45, 2.75) is 25.3 Å². The second-order valence-electron chi connectivity index (χ2n) is 10.3. The zero-order chi connectivity index (χ0) is 28.2. The van der Waals surface area contributed by atoms with E-state index in [4.69, 9.17) is 17.3 Å². The van der Waals surface area contributed by atoms with Crippen LogP contribution in [0, 0.1) is 11.7 Å². The molecule has 204 valence electrons. The number of nitrogens with zero attached hydrogens (tertiary/aromatic N) is 1. The summed E-state index contributed by atoms with van der Waals surface area (Å²) in [7, 11) is 0. The van der Waals surface area contributed by atoms with Gasteiger partial charge in [-0.2, -0.15) is 0 Å². The molecule has 1 heterocycles. The Labute approximate surface area is 232 Å². The van der Waals surface area contributed by atoms with E-state index in [0.29, 0.717) is 46.3 Å². The molecule has 0 aliphatic carbocycles. The molecule has 1 aliphatic rings. The summed E-state index contributed by atoms with van der Waals surface area (Å²) >= 11 is 5.96. The summed E-state index contributed by atoms with van der Waals surface area (Å²) in [6.45, 7) is 4.44. The van der Waals surface area contributed by atoms with Crippen LogP contribution in [-0.2, 0) is 9.59 Å². The van der Waals surface area contributed by atoms with E-state index in [1.165, 1.54) is 18.2 Å². The van der Waals surface area contributed by atoms with E-state index in [1.807, 2.05) is 18.7 Å². The minimum absolute atomic E-state index is 0.103. The highest BCUT2D eigenvalue weighted by atomic mass is 35.5. The van der Waals surface area contributed by atoms with Crippen LogP contribution in [0.5, 0.6) is 0 Å². The van der Waals surface area contributed by atoms with E-state index >= 15 is 4.39 Å². The number of nitrogens with one attached hydrogen (secondary N) is 2. The summed E-state index contributed by atoms with van der Waals surface area (Å²) < 4.78 is 15.5. The van der Waals surface area contributed by atoms with Crippen molar-refractivity contribution in [3.05, 3.63) is 94.8 Å². The fourth-order valence-corrected chi connectivity index (χ4v) is 4.78.